The van der Waals surface area contributed by atoms with E-state index in [1.807, 2.05) is 6.07 Å². The van der Waals surface area contributed by atoms with E-state index >= 15 is 0 Å². The van der Waals surface area contributed by atoms with Gasteiger partial charge in [0.2, 0.25) is 5.91 Å². The topological polar surface area (TPSA) is 124 Å². The van der Waals surface area contributed by atoms with Crippen LogP contribution in [0, 0.1) is 0 Å². The summed E-state index contributed by atoms with van der Waals surface area (Å²) in [6, 6.07) is 12.2. The molecule has 206 valence electrons. The van der Waals surface area contributed by atoms with Gasteiger partial charge in [-0.1, -0.05) is 0 Å². The Labute approximate surface area is 228 Å². The molecule has 4 heterocycles. The lowest BCUT2D eigenvalue weighted by Gasteiger charge is -2.31. The van der Waals surface area contributed by atoms with Gasteiger partial charge in [-0.05, 0) is 54.1 Å². The number of nitrogens with two attached hydrogens (primary N) is 1. The van der Waals surface area contributed by atoms with E-state index in [1.54, 1.807) is 48.7 Å². The van der Waals surface area contributed by atoms with Crippen molar-refractivity contribution in [3.63, 3.8) is 0 Å². The number of aromatic nitrogens is 2. The summed E-state index contributed by atoms with van der Waals surface area (Å²) in [6.07, 6.45) is 5.38. The van der Waals surface area contributed by atoms with Crippen LogP contribution in [0.5, 0.6) is 5.75 Å². The molecule has 11 heteroatoms. The van der Waals surface area contributed by atoms with Crippen molar-refractivity contribution < 1.29 is 27.5 Å². The average molecular weight is 548 g/mol. The number of likely N-dealkylation sites (tertiary alicyclic amines) is 1. The fraction of sp³-hybridized carbons (Fsp3) is 0.241. The maximum absolute atomic E-state index is 13.4. The number of halogens is 2. The number of benzene rings is 1. The fourth-order valence-corrected chi connectivity index (χ4v) is 4.39. The van der Waals surface area contributed by atoms with Crippen LogP contribution in [0.3, 0.4) is 0 Å². The minimum Gasteiger partial charge on any atom is -0.493 e. The van der Waals surface area contributed by atoms with Gasteiger partial charge in [0.05, 0.1) is 24.9 Å². The van der Waals surface area contributed by atoms with Crippen LogP contribution in [-0.4, -0.2) is 52.8 Å². The van der Waals surface area contributed by atoms with Gasteiger partial charge in [-0.15, -0.1) is 0 Å². The standard InChI is InChI=1S/C29H27F2N5O4/c1-39-24-14-20(23-5-4-19(16-33-23)28(38)36-10-8-29(30,31)9-11-36)12-21-13-22(40-27(21)24)17-35-26(37)7-3-18-2-6-25(32)34-15-18/h2-7,12-16H,8-11,17H2,1H3,(H2,32,34)(H,35,37). The molecule has 0 radical (unpaired) electrons. The smallest absolute Gasteiger partial charge is 0.255 e. The molecule has 0 spiro atoms. The van der Waals surface area contributed by atoms with Gasteiger partial charge in [0.15, 0.2) is 11.3 Å². The minimum absolute atomic E-state index is 0.0150. The van der Waals surface area contributed by atoms with Gasteiger partial charge in [-0.2, -0.15) is 0 Å². The summed E-state index contributed by atoms with van der Waals surface area (Å²) in [7, 11) is 1.52. The summed E-state index contributed by atoms with van der Waals surface area (Å²) in [5.74, 6) is -1.93. The van der Waals surface area contributed by atoms with Crippen molar-refractivity contribution in [2.75, 3.05) is 25.9 Å². The minimum atomic E-state index is -2.72. The largest absolute Gasteiger partial charge is 0.493 e. The predicted molar refractivity (Wildman–Crippen MR) is 146 cm³/mol. The number of hydrogen-bond acceptors (Lipinski definition) is 7. The van der Waals surface area contributed by atoms with E-state index in [2.05, 4.69) is 15.3 Å². The molecule has 3 aromatic heterocycles. The number of methoxy groups -OCH3 is 1. The van der Waals surface area contributed by atoms with Crippen molar-refractivity contribution in [2.45, 2.75) is 25.3 Å². The number of furan rings is 1. The summed E-state index contributed by atoms with van der Waals surface area (Å²) >= 11 is 0. The molecule has 40 heavy (non-hydrogen) atoms. The molecule has 9 nitrogen and oxygen atoms in total. The summed E-state index contributed by atoms with van der Waals surface area (Å²) in [4.78, 5) is 34.8. The van der Waals surface area contributed by atoms with Crippen molar-refractivity contribution >= 4 is 34.7 Å². The highest BCUT2D eigenvalue weighted by atomic mass is 19.3. The SMILES string of the molecule is COc1cc(-c2ccc(C(=O)N3CCC(F)(F)CC3)cn2)cc2cc(CNC(=O)C=Cc3ccc(N)nc3)oc12. The lowest BCUT2D eigenvalue weighted by atomic mass is 10.0. The fourth-order valence-electron chi connectivity index (χ4n) is 4.39. The number of carbonyl (C=O) groups is 2. The molecular formula is C29H27F2N5O4. The Hall–Kier alpha value is -4.80. The Morgan fingerprint density at radius 2 is 1.93 bits per heavy atom. The van der Waals surface area contributed by atoms with Gasteiger partial charge < -0.3 is 25.1 Å². The van der Waals surface area contributed by atoms with Crippen LogP contribution in [0.1, 0.15) is 34.5 Å². The molecule has 0 bridgehead atoms. The van der Waals surface area contributed by atoms with Crippen LogP contribution in [-0.2, 0) is 11.3 Å². The third kappa shape index (κ3) is 6.09. The summed E-state index contributed by atoms with van der Waals surface area (Å²) in [5, 5.41) is 3.53. The Morgan fingerprint density at radius 1 is 1.12 bits per heavy atom. The van der Waals surface area contributed by atoms with Crippen molar-refractivity contribution in [3.05, 3.63) is 77.8 Å². The zero-order valence-corrected chi connectivity index (χ0v) is 21.7. The molecule has 1 aromatic carbocycles. The van der Waals surface area contributed by atoms with Crippen LogP contribution in [0.25, 0.3) is 28.3 Å². The number of amides is 2. The average Bonchev–Trinajstić information content (AvgIpc) is 3.38. The first kappa shape index (κ1) is 26.8. The second kappa shape index (κ2) is 11.1. The molecule has 2 amide bonds. The van der Waals surface area contributed by atoms with E-state index < -0.39 is 5.92 Å². The number of pyridine rings is 2. The molecule has 0 aliphatic carbocycles. The molecular weight excluding hydrogens is 520 g/mol. The third-order valence-electron chi connectivity index (χ3n) is 6.61. The Morgan fingerprint density at radius 3 is 2.60 bits per heavy atom. The maximum Gasteiger partial charge on any atom is 0.255 e. The summed E-state index contributed by atoms with van der Waals surface area (Å²) in [5.41, 5.74) is 8.50. The molecule has 3 N–H and O–H groups in total. The van der Waals surface area contributed by atoms with Crippen LogP contribution < -0.4 is 15.8 Å². The zero-order chi connectivity index (χ0) is 28.3. The molecule has 1 aliphatic rings. The lowest BCUT2D eigenvalue weighted by molar-refractivity contribution is -0.116. The third-order valence-corrected chi connectivity index (χ3v) is 6.61. The molecule has 0 saturated carbocycles. The number of carbonyl (C=O) groups excluding carboxylic acids is 2. The molecule has 5 rings (SSSR count). The first-order valence-corrected chi connectivity index (χ1v) is 12.6. The van der Waals surface area contributed by atoms with Gasteiger partial charge in [-0.25, -0.2) is 13.8 Å². The summed E-state index contributed by atoms with van der Waals surface area (Å²) < 4.78 is 38.3. The van der Waals surface area contributed by atoms with E-state index in [0.29, 0.717) is 34.2 Å². The van der Waals surface area contributed by atoms with Crippen molar-refractivity contribution in [2.24, 2.45) is 0 Å². The Bertz CT molecular complexity index is 1560. The number of nitrogens with one attached hydrogen (secondary N) is 1. The molecule has 4 aromatic rings. The van der Waals surface area contributed by atoms with Crippen LogP contribution >= 0.6 is 0 Å². The number of alkyl halides is 2. The zero-order valence-electron chi connectivity index (χ0n) is 21.7. The van der Waals surface area contributed by atoms with Gasteiger partial charge in [0.25, 0.3) is 11.8 Å². The quantitative estimate of drug-likeness (QED) is 0.322. The van der Waals surface area contributed by atoms with Crippen LogP contribution in [0.2, 0.25) is 0 Å². The van der Waals surface area contributed by atoms with Crippen molar-refractivity contribution in [1.29, 1.82) is 0 Å². The molecule has 0 atom stereocenters. The number of ether oxygens (including phenoxy) is 1. The number of rotatable bonds is 7. The van der Waals surface area contributed by atoms with Crippen LogP contribution in [0.15, 0.2) is 65.4 Å². The maximum atomic E-state index is 13.4. The normalized spacial score (nSPS) is 14.9. The second-order valence-corrected chi connectivity index (χ2v) is 9.46. The lowest BCUT2D eigenvalue weighted by Crippen LogP contribution is -2.42. The highest BCUT2D eigenvalue weighted by Crippen LogP contribution is 2.34. The van der Waals surface area contributed by atoms with E-state index in [-0.39, 0.29) is 44.3 Å². The number of anilines is 1. The highest BCUT2D eigenvalue weighted by molar-refractivity contribution is 5.95. The van der Waals surface area contributed by atoms with E-state index in [1.165, 1.54) is 24.3 Å². The molecule has 0 unspecified atom stereocenters. The first-order chi connectivity index (χ1) is 19.2. The number of piperidine rings is 1. The number of hydrogen-bond donors (Lipinski definition) is 2. The second-order valence-electron chi connectivity index (χ2n) is 9.46. The van der Waals surface area contributed by atoms with E-state index in [0.717, 1.165) is 16.5 Å². The van der Waals surface area contributed by atoms with Gasteiger partial charge in [0, 0.05) is 55.4 Å². The molecule has 1 saturated heterocycles. The van der Waals surface area contributed by atoms with E-state index in [4.69, 9.17) is 14.9 Å². The summed E-state index contributed by atoms with van der Waals surface area (Å²) in [6.45, 7) is 0.190. The predicted octanol–water partition coefficient (Wildman–Crippen LogP) is 4.68. The van der Waals surface area contributed by atoms with Crippen molar-refractivity contribution in [3.8, 4) is 17.0 Å². The van der Waals surface area contributed by atoms with Crippen LogP contribution in [0.4, 0.5) is 14.6 Å². The number of nitrogen functional groups attached to an aromatic ring is 1. The van der Waals surface area contributed by atoms with Gasteiger partial charge in [0.1, 0.15) is 11.6 Å². The van der Waals surface area contributed by atoms with E-state index in [9.17, 15) is 18.4 Å². The molecule has 1 aliphatic heterocycles. The number of fused-ring (bicyclic) bond motifs is 1. The van der Waals surface area contributed by atoms with Crippen molar-refractivity contribution in [1.82, 2.24) is 20.2 Å². The highest BCUT2D eigenvalue weighted by Gasteiger charge is 2.35. The Kier molecular flexibility index (Phi) is 7.45. The molecule has 1 fully saturated rings. The van der Waals surface area contributed by atoms with Gasteiger partial charge >= 0.3 is 0 Å². The monoisotopic (exact) mass is 547 g/mol. The Balaban J connectivity index is 1.27. The number of nitrogens with zero attached hydrogens (tertiary/aromatic N) is 3. The van der Waals surface area contributed by atoms with Gasteiger partial charge in [-0.3, -0.25) is 14.6 Å². The first-order valence-electron chi connectivity index (χ1n) is 12.6.